The predicted octanol–water partition coefficient (Wildman–Crippen LogP) is 13.7. The van der Waals surface area contributed by atoms with Crippen molar-refractivity contribution in [1.82, 2.24) is 0 Å². The number of furan rings is 1. The Bertz CT molecular complexity index is 4020. The van der Waals surface area contributed by atoms with E-state index in [0.717, 1.165) is 0 Å². The molecule has 1 nitrogen and oxygen atoms in total. The van der Waals surface area contributed by atoms with Crippen LogP contribution in [-0.4, -0.2) is 0 Å². The summed E-state index contributed by atoms with van der Waals surface area (Å²) in [6.45, 7) is 0. The predicted molar refractivity (Wildman–Crippen MR) is 208 cm³/mol. The van der Waals surface area contributed by atoms with Crippen LogP contribution in [0.5, 0.6) is 0 Å². The minimum absolute atomic E-state index is 0.0104. The SMILES string of the molecule is [2H]c1c([2H])c([2H])c(-c2cccc3c(-c4c5c([2H])c([2H])c([2H])c([2H])c5c(-c5ccccc5)c5c([2H])c([2H])c([2H])c([2H])c45)c(-c4c([2H])c([2H])c5c([2H])c([2H])c6c([2H])c([2H])c([2H])c([2H])c6c5c4[2H])oc23)c([2H])c1[2H]. The third-order valence-electron chi connectivity index (χ3n) is 8.46. The van der Waals surface area contributed by atoms with Gasteiger partial charge in [0.1, 0.15) is 11.3 Å². The van der Waals surface area contributed by atoms with E-state index in [1.807, 2.05) is 0 Å². The standard InChI is InChI=1S/C48H30O/c1-3-14-31(15-4-1)37-24-13-25-42-46(47(49-48(37)42)35-29-28-33-27-26-32-16-7-8-19-36(32)43(33)30-35)45-40-22-11-9-20-38(40)44(34-17-5-2-6-18-34)39-21-10-12-23-41(39)45/h1-30H/i1D,3D,4D,7D,8D,9D,10D,11D,12D,14D,15D,16D,19D,20D,21D,22D,23D,26D,27D,28D,29D,30D. The summed E-state index contributed by atoms with van der Waals surface area (Å²) in [6, 6.07) is -3.78. The molecule has 0 aliphatic heterocycles. The second kappa shape index (κ2) is 11.1. The largest absolute Gasteiger partial charge is 0.455 e. The number of para-hydroxylation sites is 1. The molecule has 10 aromatic rings. The first-order valence-electron chi connectivity index (χ1n) is 26.1. The van der Waals surface area contributed by atoms with Gasteiger partial charge in [-0.2, -0.15) is 0 Å². The zero-order chi connectivity index (χ0) is 51.5. The van der Waals surface area contributed by atoms with Gasteiger partial charge in [0.15, 0.2) is 0 Å². The van der Waals surface area contributed by atoms with Gasteiger partial charge < -0.3 is 4.42 Å². The molecule has 0 radical (unpaired) electrons. The van der Waals surface area contributed by atoms with E-state index in [-0.39, 0.29) is 65.9 Å². The summed E-state index contributed by atoms with van der Waals surface area (Å²) in [5, 5.41) is -3.11. The lowest BCUT2D eigenvalue weighted by atomic mass is 9.84. The second-order valence-corrected chi connectivity index (χ2v) is 11.1. The van der Waals surface area contributed by atoms with E-state index in [1.54, 1.807) is 30.3 Å². The number of fused-ring (bicyclic) bond motifs is 6. The van der Waals surface area contributed by atoms with Crippen molar-refractivity contribution < 1.29 is 34.6 Å². The molecular weight excluding hydrogens is 593 g/mol. The van der Waals surface area contributed by atoms with Crippen molar-refractivity contribution in [2.24, 2.45) is 0 Å². The first kappa shape index (κ1) is 13.6. The Hall–Kier alpha value is -6.44. The van der Waals surface area contributed by atoms with Crippen LogP contribution < -0.4 is 0 Å². The summed E-state index contributed by atoms with van der Waals surface area (Å²) in [7, 11) is 0. The molecule has 1 heteroatoms. The Morgan fingerprint density at radius 3 is 1.67 bits per heavy atom. The average Bonchev–Trinajstić information content (AvgIpc) is 3.74. The number of benzene rings is 9. The summed E-state index contributed by atoms with van der Waals surface area (Å²) in [5.41, 5.74) is -1.86. The van der Waals surface area contributed by atoms with Crippen LogP contribution in [0.15, 0.2) is 186 Å². The fourth-order valence-corrected chi connectivity index (χ4v) is 6.41. The molecule has 0 amide bonds. The fraction of sp³-hybridized carbons (Fsp3) is 0. The van der Waals surface area contributed by atoms with Gasteiger partial charge in [-0.05, 0) is 65.8 Å². The minimum Gasteiger partial charge on any atom is -0.455 e. The van der Waals surface area contributed by atoms with Gasteiger partial charge in [-0.15, -0.1) is 0 Å². The van der Waals surface area contributed by atoms with Crippen LogP contribution in [0.3, 0.4) is 0 Å². The number of rotatable bonds is 4. The molecule has 1 aromatic heterocycles. The van der Waals surface area contributed by atoms with Gasteiger partial charge >= 0.3 is 0 Å². The first-order chi connectivity index (χ1) is 33.5. The van der Waals surface area contributed by atoms with Gasteiger partial charge in [-0.25, -0.2) is 0 Å². The molecule has 0 aliphatic carbocycles. The maximum Gasteiger partial charge on any atom is 0.143 e. The Labute approximate surface area is 315 Å². The molecular formula is C48H30O. The molecule has 0 unspecified atom stereocenters. The summed E-state index contributed by atoms with van der Waals surface area (Å²) in [5.74, 6) is -0.587. The molecule has 49 heavy (non-hydrogen) atoms. The van der Waals surface area contributed by atoms with Crippen molar-refractivity contribution in [1.29, 1.82) is 0 Å². The second-order valence-electron chi connectivity index (χ2n) is 11.1. The van der Waals surface area contributed by atoms with Crippen molar-refractivity contribution in [3.05, 3.63) is 181 Å². The van der Waals surface area contributed by atoms with Crippen LogP contribution in [0.2, 0.25) is 0 Å². The summed E-state index contributed by atoms with van der Waals surface area (Å²) < 4.78 is 206. The van der Waals surface area contributed by atoms with E-state index in [4.69, 9.17) is 25.0 Å². The zero-order valence-electron chi connectivity index (χ0n) is 47.0. The summed E-state index contributed by atoms with van der Waals surface area (Å²) >= 11 is 0. The minimum atomic E-state index is -0.849. The highest BCUT2D eigenvalue weighted by Gasteiger charge is 2.25. The number of hydrogen-bond acceptors (Lipinski definition) is 1. The monoisotopic (exact) mass is 644 g/mol. The molecule has 0 spiro atoms. The summed E-state index contributed by atoms with van der Waals surface area (Å²) in [6.07, 6.45) is 0. The topological polar surface area (TPSA) is 13.1 Å². The molecule has 0 bridgehead atoms. The Morgan fingerprint density at radius 2 is 0.959 bits per heavy atom. The van der Waals surface area contributed by atoms with Crippen molar-refractivity contribution >= 4 is 54.1 Å². The van der Waals surface area contributed by atoms with E-state index in [0.29, 0.717) is 0 Å². The maximum atomic E-state index is 9.97. The molecule has 0 fully saturated rings. The first-order valence-corrected chi connectivity index (χ1v) is 15.1. The van der Waals surface area contributed by atoms with Crippen molar-refractivity contribution in [2.75, 3.05) is 0 Å². The van der Waals surface area contributed by atoms with Crippen LogP contribution in [0.1, 0.15) is 30.2 Å². The highest BCUT2D eigenvalue weighted by molar-refractivity contribution is 6.25. The quantitative estimate of drug-likeness (QED) is 0.137. The van der Waals surface area contributed by atoms with E-state index in [2.05, 4.69) is 0 Å². The molecule has 0 aliphatic rings. The molecule has 1 heterocycles. The molecule has 0 N–H and O–H groups in total. The summed E-state index contributed by atoms with van der Waals surface area (Å²) in [4.78, 5) is 0. The molecule has 228 valence electrons. The van der Waals surface area contributed by atoms with E-state index in [1.165, 1.54) is 18.2 Å². The normalized spacial score (nSPS) is 18.0. The number of hydrogen-bond donors (Lipinski definition) is 0. The maximum absolute atomic E-state index is 9.97. The Kier molecular flexibility index (Phi) is 3.07. The van der Waals surface area contributed by atoms with Crippen LogP contribution in [0.4, 0.5) is 0 Å². The van der Waals surface area contributed by atoms with Gasteiger partial charge in [0.05, 0.1) is 30.2 Å². The van der Waals surface area contributed by atoms with Gasteiger partial charge in [0, 0.05) is 27.6 Å². The van der Waals surface area contributed by atoms with Crippen molar-refractivity contribution in [3.8, 4) is 44.7 Å². The van der Waals surface area contributed by atoms with Gasteiger partial charge in [-0.1, -0.05) is 175 Å². The third-order valence-corrected chi connectivity index (χ3v) is 8.46. The molecule has 0 saturated carbocycles. The Balaban J connectivity index is 1.56. The third kappa shape index (κ3) is 4.33. The van der Waals surface area contributed by atoms with Crippen molar-refractivity contribution in [3.63, 3.8) is 0 Å². The molecule has 0 atom stereocenters. The van der Waals surface area contributed by atoms with Gasteiger partial charge in [0.2, 0.25) is 0 Å². The molecule has 9 aromatic carbocycles. The van der Waals surface area contributed by atoms with Crippen LogP contribution >= 0.6 is 0 Å². The van der Waals surface area contributed by atoms with E-state index < -0.39 is 166 Å². The lowest BCUT2D eigenvalue weighted by Crippen LogP contribution is -1.91. The van der Waals surface area contributed by atoms with Gasteiger partial charge in [0.25, 0.3) is 0 Å². The lowest BCUT2D eigenvalue weighted by molar-refractivity contribution is 0.633. The van der Waals surface area contributed by atoms with Gasteiger partial charge in [-0.3, -0.25) is 0 Å². The smallest absolute Gasteiger partial charge is 0.143 e. The highest BCUT2D eigenvalue weighted by atomic mass is 16.3. The van der Waals surface area contributed by atoms with Crippen molar-refractivity contribution in [2.45, 2.75) is 0 Å². The average molecular weight is 645 g/mol. The van der Waals surface area contributed by atoms with Crippen LogP contribution in [0.25, 0.3) is 98.8 Å². The Morgan fingerprint density at radius 1 is 0.367 bits per heavy atom. The molecule has 10 rings (SSSR count). The van der Waals surface area contributed by atoms with E-state index >= 15 is 0 Å². The lowest BCUT2D eigenvalue weighted by Gasteiger charge is -2.18. The van der Waals surface area contributed by atoms with Crippen LogP contribution in [0, 0.1) is 0 Å². The zero-order valence-corrected chi connectivity index (χ0v) is 25.0. The highest BCUT2D eigenvalue weighted by Crippen LogP contribution is 2.51. The van der Waals surface area contributed by atoms with Crippen LogP contribution in [-0.2, 0) is 0 Å². The fourth-order valence-electron chi connectivity index (χ4n) is 6.41. The van der Waals surface area contributed by atoms with E-state index in [9.17, 15) is 9.60 Å². The molecule has 0 saturated heterocycles.